The molecule has 196 valence electrons. The van der Waals surface area contributed by atoms with Crippen molar-refractivity contribution in [1.29, 1.82) is 0 Å². The van der Waals surface area contributed by atoms with Gasteiger partial charge < -0.3 is 14.5 Å². The maximum atomic E-state index is 12.7. The lowest BCUT2D eigenvalue weighted by Crippen LogP contribution is -2.48. The summed E-state index contributed by atoms with van der Waals surface area (Å²) < 4.78 is 80.3. The fraction of sp³-hybridized carbons (Fsp3) is 0.708. The topological polar surface area (TPSA) is 36.0 Å². The van der Waals surface area contributed by atoms with E-state index in [4.69, 9.17) is 0 Å². The molecule has 0 bridgehead atoms. The first kappa shape index (κ1) is 25.9. The Labute approximate surface area is 201 Å². The van der Waals surface area contributed by atoms with E-state index in [9.17, 15) is 31.1 Å². The number of alkyl halides is 6. The quantitative estimate of drug-likeness (QED) is 0.500. The highest BCUT2D eigenvalue weighted by Gasteiger charge is 2.60. The molecule has 1 aromatic rings. The minimum atomic E-state index is -5.71. The van der Waals surface area contributed by atoms with E-state index >= 15 is 0 Å². The van der Waals surface area contributed by atoms with E-state index in [0.717, 1.165) is 30.8 Å². The van der Waals surface area contributed by atoms with Gasteiger partial charge in [0.05, 0.1) is 0 Å². The summed E-state index contributed by atoms with van der Waals surface area (Å²) in [6.07, 6.45) is -14.8. The molecule has 11 heteroatoms. The van der Waals surface area contributed by atoms with Gasteiger partial charge in [-0.2, -0.15) is 26.3 Å². The Balaban J connectivity index is 1.37. The van der Waals surface area contributed by atoms with Crippen molar-refractivity contribution in [2.75, 3.05) is 44.2 Å². The van der Waals surface area contributed by atoms with Gasteiger partial charge >= 0.3 is 18.4 Å². The monoisotopic (exact) mass is 507 g/mol. The summed E-state index contributed by atoms with van der Waals surface area (Å²) in [6.45, 7) is 8.51. The number of amides is 1. The molecule has 1 aromatic carbocycles. The number of rotatable bonds is 5. The van der Waals surface area contributed by atoms with Gasteiger partial charge in [0.15, 0.2) is 0 Å². The lowest BCUT2D eigenvalue weighted by atomic mass is 9.99. The van der Waals surface area contributed by atoms with Crippen molar-refractivity contribution in [1.82, 2.24) is 9.80 Å². The molecule has 3 fully saturated rings. The molecule has 2 unspecified atom stereocenters. The Hall–Kier alpha value is -2.17. The third kappa shape index (κ3) is 5.81. The number of carbonyl (C=O) groups is 1. The molecule has 1 amide bonds. The molecule has 0 aliphatic carbocycles. The van der Waals surface area contributed by atoms with Crippen molar-refractivity contribution in [2.24, 2.45) is 11.8 Å². The van der Waals surface area contributed by atoms with Gasteiger partial charge in [0.1, 0.15) is 0 Å². The molecule has 0 N–H and O–H groups in total. The highest BCUT2D eigenvalue weighted by atomic mass is 19.4. The van der Waals surface area contributed by atoms with Gasteiger partial charge in [0.2, 0.25) is 0 Å². The van der Waals surface area contributed by atoms with Crippen molar-refractivity contribution in [3.63, 3.8) is 0 Å². The average molecular weight is 508 g/mol. The van der Waals surface area contributed by atoms with Crippen LogP contribution in [-0.2, 0) is 11.3 Å². The van der Waals surface area contributed by atoms with E-state index in [-0.39, 0.29) is 24.9 Å². The Morgan fingerprint density at radius 1 is 0.971 bits per heavy atom. The van der Waals surface area contributed by atoms with Crippen LogP contribution in [0.1, 0.15) is 43.7 Å². The summed E-state index contributed by atoms with van der Waals surface area (Å²) in [4.78, 5) is 17.8. The summed E-state index contributed by atoms with van der Waals surface area (Å²) in [7, 11) is 0. The standard InChI is InChI=1S/C24H31F6N3O2/c1-15(2)16-5-6-17(20(9-16)32-7-3-4-8-32)10-31-11-18-13-33(14-19(18)12-31)22(34)35-21(23(25,26)27)24(28,29)30/h5-6,9,15,18-19,21H,3-4,7-8,10-14H2,1-2H3. The van der Waals surface area contributed by atoms with Crippen molar-refractivity contribution in [2.45, 2.75) is 57.6 Å². The van der Waals surface area contributed by atoms with Crippen LogP contribution in [0.15, 0.2) is 18.2 Å². The second kappa shape index (κ2) is 9.71. The molecule has 5 nitrogen and oxygen atoms in total. The van der Waals surface area contributed by atoms with Crippen molar-refractivity contribution in [3.05, 3.63) is 29.3 Å². The van der Waals surface area contributed by atoms with E-state index in [1.54, 1.807) is 0 Å². The summed E-state index contributed by atoms with van der Waals surface area (Å²) in [5.74, 6) is 0.391. The summed E-state index contributed by atoms with van der Waals surface area (Å²) in [5, 5.41) is 0. The SMILES string of the molecule is CC(C)c1ccc(CN2CC3CN(C(=O)OC(C(F)(F)F)C(F)(F)F)CC3C2)c(N2CCCC2)c1. The molecule has 2 atom stereocenters. The summed E-state index contributed by atoms with van der Waals surface area (Å²) >= 11 is 0. The highest BCUT2D eigenvalue weighted by Crippen LogP contribution is 2.38. The molecule has 35 heavy (non-hydrogen) atoms. The van der Waals surface area contributed by atoms with Gasteiger partial charge in [0.25, 0.3) is 6.10 Å². The first-order valence-electron chi connectivity index (χ1n) is 12.0. The Bertz CT molecular complexity index is 886. The van der Waals surface area contributed by atoms with Gasteiger partial charge in [-0.15, -0.1) is 0 Å². The van der Waals surface area contributed by atoms with Crippen LogP contribution in [0.4, 0.5) is 36.8 Å². The number of carbonyl (C=O) groups excluding carboxylic acids is 1. The predicted octanol–water partition coefficient (Wildman–Crippen LogP) is 5.40. The number of ether oxygens (including phenoxy) is 1. The Kier molecular flexibility index (Phi) is 7.19. The molecule has 0 aromatic heterocycles. The van der Waals surface area contributed by atoms with Gasteiger partial charge in [-0.3, -0.25) is 4.90 Å². The molecule has 0 radical (unpaired) electrons. The molecular weight excluding hydrogens is 476 g/mol. The fourth-order valence-electron chi connectivity index (χ4n) is 5.43. The summed E-state index contributed by atoms with van der Waals surface area (Å²) in [6, 6.07) is 6.57. The first-order valence-corrected chi connectivity index (χ1v) is 12.0. The van der Waals surface area contributed by atoms with Crippen LogP contribution in [0, 0.1) is 11.8 Å². The van der Waals surface area contributed by atoms with Crippen LogP contribution in [0.5, 0.6) is 0 Å². The third-order valence-corrected chi connectivity index (χ3v) is 7.25. The molecule has 3 heterocycles. The second-order valence-corrected chi connectivity index (χ2v) is 10.2. The van der Waals surface area contributed by atoms with E-state index in [1.165, 1.54) is 16.8 Å². The molecule has 3 aliphatic heterocycles. The first-order chi connectivity index (χ1) is 16.3. The maximum Gasteiger partial charge on any atom is 0.434 e. The fourth-order valence-corrected chi connectivity index (χ4v) is 5.43. The van der Waals surface area contributed by atoms with E-state index in [2.05, 4.69) is 46.6 Å². The molecular formula is C24H31F6N3O2. The van der Waals surface area contributed by atoms with Gasteiger partial charge in [-0.1, -0.05) is 26.0 Å². The normalized spacial score (nSPS) is 23.6. The second-order valence-electron chi connectivity index (χ2n) is 10.2. The molecule has 3 aliphatic rings. The number of fused-ring (bicyclic) bond motifs is 1. The van der Waals surface area contributed by atoms with Gasteiger partial charge in [-0.25, -0.2) is 4.79 Å². The molecule has 0 spiro atoms. The number of hydrogen-bond acceptors (Lipinski definition) is 4. The zero-order valence-corrected chi connectivity index (χ0v) is 19.8. The number of benzene rings is 1. The number of nitrogens with zero attached hydrogens (tertiary/aromatic N) is 3. The van der Waals surface area contributed by atoms with E-state index in [0.29, 0.717) is 25.6 Å². The summed E-state index contributed by atoms with van der Waals surface area (Å²) in [5.41, 5.74) is 3.73. The lowest BCUT2D eigenvalue weighted by Gasteiger charge is -2.27. The van der Waals surface area contributed by atoms with Crippen LogP contribution >= 0.6 is 0 Å². The predicted molar refractivity (Wildman–Crippen MR) is 118 cm³/mol. The van der Waals surface area contributed by atoms with Crippen LogP contribution in [0.2, 0.25) is 0 Å². The zero-order valence-electron chi connectivity index (χ0n) is 19.8. The maximum absolute atomic E-state index is 12.7. The van der Waals surface area contributed by atoms with Crippen LogP contribution in [-0.4, -0.2) is 73.6 Å². The van der Waals surface area contributed by atoms with Gasteiger partial charge in [-0.05, 0) is 47.8 Å². The molecule has 0 saturated carbocycles. The number of halogens is 6. The Morgan fingerprint density at radius 3 is 2.06 bits per heavy atom. The number of hydrogen-bond donors (Lipinski definition) is 0. The lowest BCUT2D eigenvalue weighted by molar-refractivity contribution is -0.308. The van der Waals surface area contributed by atoms with Crippen molar-refractivity contribution in [3.8, 4) is 0 Å². The van der Waals surface area contributed by atoms with Crippen LogP contribution < -0.4 is 4.90 Å². The number of likely N-dealkylation sites (tertiary alicyclic amines) is 2. The Morgan fingerprint density at radius 2 is 1.54 bits per heavy atom. The van der Waals surface area contributed by atoms with Crippen molar-refractivity contribution < 1.29 is 35.9 Å². The van der Waals surface area contributed by atoms with Gasteiger partial charge in [0, 0.05) is 51.5 Å². The number of anilines is 1. The highest BCUT2D eigenvalue weighted by molar-refractivity contribution is 5.68. The molecule has 4 rings (SSSR count). The average Bonchev–Trinajstić information content (AvgIpc) is 3.47. The minimum absolute atomic E-state index is 0.0112. The van der Waals surface area contributed by atoms with Crippen LogP contribution in [0.25, 0.3) is 0 Å². The minimum Gasteiger partial charge on any atom is -0.426 e. The van der Waals surface area contributed by atoms with E-state index in [1.807, 2.05) is 0 Å². The molecule has 3 saturated heterocycles. The van der Waals surface area contributed by atoms with Crippen LogP contribution in [0.3, 0.4) is 0 Å². The largest absolute Gasteiger partial charge is 0.434 e. The van der Waals surface area contributed by atoms with Crippen molar-refractivity contribution >= 4 is 11.8 Å². The van der Waals surface area contributed by atoms with E-state index < -0.39 is 24.5 Å². The zero-order chi connectivity index (χ0) is 25.5. The smallest absolute Gasteiger partial charge is 0.426 e. The third-order valence-electron chi connectivity index (χ3n) is 7.25.